The molecule has 2 aromatic rings. The summed E-state index contributed by atoms with van der Waals surface area (Å²) in [5.41, 5.74) is 2.52. The van der Waals surface area contributed by atoms with E-state index >= 15 is 0 Å². The van der Waals surface area contributed by atoms with Crippen molar-refractivity contribution in [2.75, 3.05) is 39.6 Å². The van der Waals surface area contributed by atoms with Crippen molar-refractivity contribution in [2.45, 2.75) is 31.6 Å². The molecule has 168 valence electrons. The zero-order chi connectivity index (χ0) is 20.7. The maximum Gasteiger partial charge on any atom is 0.231 e. The summed E-state index contributed by atoms with van der Waals surface area (Å²) in [5.74, 6) is 2.51. The lowest BCUT2D eigenvalue weighted by atomic mass is 9.74. The van der Waals surface area contributed by atoms with Gasteiger partial charge in [0.25, 0.3) is 0 Å². The molecule has 0 radical (unpaired) electrons. The minimum absolute atomic E-state index is 0. The normalized spacial score (nSPS) is 17.0. The minimum atomic E-state index is -0.0546. The van der Waals surface area contributed by atoms with Crippen LogP contribution in [0.5, 0.6) is 11.5 Å². The summed E-state index contributed by atoms with van der Waals surface area (Å²) >= 11 is 0. The molecule has 1 fully saturated rings. The Hall–Kier alpha value is -2.00. The van der Waals surface area contributed by atoms with Gasteiger partial charge in [-0.05, 0) is 49.4 Å². The summed E-state index contributed by atoms with van der Waals surface area (Å²) in [5, 5.41) is 6.86. The number of benzene rings is 2. The van der Waals surface area contributed by atoms with Crippen LogP contribution in [0.4, 0.5) is 0 Å². The quantitative estimate of drug-likeness (QED) is 0.319. The minimum Gasteiger partial charge on any atom is -0.454 e. The molecule has 0 aromatic heterocycles. The lowest BCUT2D eigenvalue weighted by molar-refractivity contribution is 0.0530. The van der Waals surface area contributed by atoms with Crippen LogP contribution in [0.3, 0.4) is 0 Å². The highest BCUT2D eigenvalue weighted by molar-refractivity contribution is 14.0. The van der Waals surface area contributed by atoms with E-state index in [1.165, 1.54) is 11.1 Å². The molecule has 2 N–H and O–H groups in total. The fourth-order valence-corrected chi connectivity index (χ4v) is 4.07. The molecular formula is C24H32IN3O3. The van der Waals surface area contributed by atoms with Crippen molar-refractivity contribution in [1.82, 2.24) is 10.6 Å². The summed E-state index contributed by atoms with van der Waals surface area (Å²) in [6, 6.07) is 16.8. The third-order valence-electron chi connectivity index (χ3n) is 5.87. The summed E-state index contributed by atoms with van der Waals surface area (Å²) in [6.07, 6.45) is 2.85. The highest BCUT2D eigenvalue weighted by Gasteiger charge is 2.35. The van der Waals surface area contributed by atoms with Gasteiger partial charge < -0.3 is 24.8 Å². The molecule has 0 bridgehead atoms. The van der Waals surface area contributed by atoms with E-state index in [4.69, 9.17) is 19.2 Å². The molecule has 2 heterocycles. The number of hydrogen-bond donors (Lipinski definition) is 2. The van der Waals surface area contributed by atoms with Crippen molar-refractivity contribution >= 4 is 29.9 Å². The first-order chi connectivity index (χ1) is 14.8. The highest BCUT2D eigenvalue weighted by atomic mass is 127. The standard InChI is InChI=1S/C24H31N3O3.HI/c1-2-25-23(26-13-10-19-6-4-3-5-7-19)27-17-24(11-14-28-15-12-24)20-8-9-21-22(16-20)30-18-29-21;/h3-9,16H,2,10-15,17-18H2,1H3,(H2,25,26,27);1H. The average Bonchev–Trinajstić information content (AvgIpc) is 3.27. The van der Waals surface area contributed by atoms with Crippen LogP contribution in [0.2, 0.25) is 0 Å². The van der Waals surface area contributed by atoms with E-state index in [0.717, 1.165) is 63.0 Å². The molecule has 0 spiro atoms. The van der Waals surface area contributed by atoms with Crippen LogP contribution in [0, 0.1) is 0 Å². The zero-order valence-corrected chi connectivity index (χ0v) is 20.4. The van der Waals surface area contributed by atoms with Gasteiger partial charge in [0.1, 0.15) is 0 Å². The number of fused-ring (bicyclic) bond motifs is 1. The Morgan fingerprint density at radius 1 is 1.00 bits per heavy atom. The van der Waals surface area contributed by atoms with E-state index in [2.05, 4.69) is 54.0 Å². The number of nitrogens with zero attached hydrogens (tertiary/aromatic N) is 1. The predicted molar refractivity (Wildman–Crippen MR) is 134 cm³/mol. The Morgan fingerprint density at radius 3 is 2.55 bits per heavy atom. The van der Waals surface area contributed by atoms with Crippen molar-refractivity contribution in [2.24, 2.45) is 4.99 Å². The van der Waals surface area contributed by atoms with E-state index in [-0.39, 0.29) is 29.4 Å². The van der Waals surface area contributed by atoms with Gasteiger partial charge >= 0.3 is 0 Å². The van der Waals surface area contributed by atoms with Gasteiger partial charge in [0.05, 0.1) is 6.54 Å². The van der Waals surface area contributed by atoms with Crippen LogP contribution in [0.15, 0.2) is 53.5 Å². The first-order valence-corrected chi connectivity index (χ1v) is 10.8. The lowest BCUT2D eigenvalue weighted by Gasteiger charge is -2.36. The molecule has 0 atom stereocenters. The largest absolute Gasteiger partial charge is 0.454 e. The van der Waals surface area contributed by atoms with E-state index in [0.29, 0.717) is 13.3 Å². The Bertz CT molecular complexity index is 854. The highest BCUT2D eigenvalue weighted by Crippen LogP contribution is 2.41. The number of halogens is 1. The van der Waals surface area contributed by atoms with E-state index < -0.39 is 0 Å². The number of hydrogen-bond acceptors (Lipinski definition) is 4. The summed E-state index contributed by atoms with van der Waals surface area (Å²) < 4.78 is 16.8. The first kappa shape index (κ1) is 23.7. The molecule has 1 saturated heterocycles. The molecule has 6 nitrogen and oxygen atoms in total. The van der Waals surface area contributed by atoms with Gasteiger partial charge in [0.2, 0.25) is 6.79 Å². The molecule has 2 aliphatic rings. The Kier molecular flexibility index (Phi) is 8.83. The first-order valence-electron chi connectivity index (χ1n) is 10.8. The van der Waals surface area contributed by atoms with Crippen LogP contribution < -0.4 is 20.1 Å². The molecule has 2 aliphatic heterocycles. The van der Waals surface area contributed by atoms with Crippen molar-refractivity contribution in [3.63, 3.8) is 0 Å². The molecule has 2 aromatic carbocycles. The van der Waals surface area contributed by atoms with E-state index in [1.807, 2.05) is 12.1 Å². The van der Waals surface area contributed by atoms with Gasteiger partial charge in [-0.1, -0.05) is 36.4 Å². The average molecular weight is 537 g/mol. The number of rotatable bonds is 7. The topological polar surface area (TPSA) is 64.1 Å². The molecule has 7 heteroatoms. The van der Waals surface area contributed by atoms with Gasteiger partial charge in [-0.3, -0.25) is 4.99 Å². The van der Waals surface area contributed by atoms with Crippen LogP contribution in [-0.4, -0.2) is 45.6 Å². The molecule has 31 heavy (non-hydrogen) atoms. The van der Waals surface area contributed by atoms with Crippen molar-refractivity contribution in [3.8, 4) is 11.5 Å². The fraction of sp³-hybridized carbons (Fsp3) is 0.458. The lowest BCUT2D eigenvalue weighted by Crippen LogP contribution is -2.41. The van der Waals surface area contributed by atoms with Crippen LogP contribution in [0.1, 0.15) is 30.9 Å². The third kappa shape index (κ3) is 6.04. The maximum absolute atomic E-state index is 5.67. The van der Waals surface area contributed by atoms with Gasteiger partial charge in [0, 0.05) is 31.7 Å². The van der Waals surface area contributed by atoms with Gasteiger partial charge in [-0.25, -0.2) is 0 Å². The molecule has 0 amide bonds. The second kappa shape index (κ2) is 11.6. The van der Waals surface area contributed by atoms with Crippen molar-refractivity contribution in [3.05, 3.63) is 59.7 Å². The Labute approximate surface area is 201 Å². The zero-order valence-electron chi connectivity index (χ0n) is 18.1. The van der Waals surface area contributed by atoms with Crippen molar-refractivity contribution in [1.29, 1.82) is 0 Å². The number of nitrogens with one attached hydrogen (secondary N) is 2. The Morgan fingerprint density at radius 2 is 1.77 bits per heavy atom. The summed E-state index contributed by atoms with van der Waals surface area (Å²) in [4.78, 5) is 4.98. The van der Waals surface area contributed by atoms with Gasteiger partial charge in [-0.2, -0.15) is 0 Å². The summed E-state index contributed by atoms with van der Waals surface area (Å²) in [7, 11) is 0. The van der Waals surface area contributed by atoms with E-state index in [1.54, 1.807) is 0 Å². The number of ether oxygens (including phenoxy) is 3. The number of aliphatic imine (C=N–C) groups is 1. The summed E-state index contributed by atoms with van der Waals surface area (Å²) in [6.45, 7) is 6.27. The molecule has 0 unspecified atom stereocenters. The Balaban J connectivity index is 0.00000272. The van der Waals surface area contributed by atoms with E-state index in [9.17, 15) is 0 Å². The maximum atomic E-state index is 5.67. The van der Waals surface area contributed by atoms with Gasteiger partial charge in [-0.15, -0.1) is 24.0 Å². The van der Waals surface area contributed by atoms with Crippen LogP contribution >= 0.6 is 24.0 Å². The molecular weight excluding hydrogens is 505 g/mol. The van der Waals surface area contributed by atoms with Crippen molar-refractivity contribution < 1.29 is 14.2 Å². The SMILES string of the molecule is CCNC(=NCC1(c2ccc3c(c2)OCO3)CCOCC1)NCCc1ccccc1.I. The monoisotopic (exact) mass is 537 g/mol. The fourth-order valence-electron chi connectivity index (χ4n) is 4.07. The van der Waals surface area contributed by atoms with Crippen LogP contribution in [-0.2, 0) is 16.6 Å². The predicted octanol–water partition coefficient (Wildman–Crippen LogP) is 3.88. The number of guanidine groups is 1. The second-order valence-electron chi connectivity index (χ2n) is 7.82. The third-order valence-corrected chi connectivity index (χ3v) is 5.87. The molecule has 0 aliphatic carbocycles. The molecule has 4 rings (SSSR count). The molecule has 0 saturated carbocycles. The van der Waals surface area contributed by atoms with Crippen LogP contribution in [0.25, 0.3) is 0 Å². The van der Waals surface area contributed by atoms with Gasteiger partial charge in [0.15, 0.2) is 17.5 Å². The second-order valence-corrected chi connectivity index (χ2v) is 7.82. The smallest absolute Gasteiger partial charge is 0.231 e.